The third kappa shape index (κ3) is 3.51. The first-order valence-electron chi connectivity index (χ1n) is 12.1. The van der Waals surface area contributed by atoms with E-state index in [0.717, 1.165) is 38.5 Å². The van der Waals surface area contributed by atoms with E-state index in [1.54, 1.807) is 0 Å². The number of amides is 1. The van der Waals surface area contributed by atoms with Crippen molar-refractivity contribution in [1.29, 1.82) is 0 Å². The maximum Gasteiger partial charge on any atom is 0.271 e. The molecule has 5 aromatic rings. The number of β-lactam (4-membered cyclic amide) rings is 1. The Bertz CT molecular complexity index is 1830. The number of fused-ring (bicyclic) bond motifs is 5. The number of hydrogen-bond acceptors (Lipinski definition) is 5. The number of rotatable bonds is 5. The molecule has 7 rings (SSSR count). The van der Waals surface area contributed by atoms with E-state index in [1.165, 1.54) is 17.0 Å². The molecule has 0 unspecified atom stereocenters. The minimum Gasteiger partial charge on any atom is -0.297 e. The summed E-state index contributed by atoms with van der Waals surface area (Å²) < 4.78 is 44.5. The molecule has 0 bridgehead atoms. The fourth-order valence-electron chi connectivity index (χ4n) is 5.30. The highest BCUT2D eigenvalue weighted by Crippen LogP contribution is 2.47. The van der Waals surface area contributed by atoms with Gasteiger partial charge in [-0.1, -0.05) is 60.7 Å². The number of halogens is 1. The molecule has 2 fully saturated rings. The van der Waals surface area contributed by atoms with Crippen molar-refractivity contribution in [3.63, 3.8) is 0 Å². The number of hydrogen-bond donors (Lipinski definition) is 0. The van der Waals surface area contributed by atoms with Gasteiger partial charge in [-0.3, -0.25) is 18.9 Å². The van der Waals surface area contributed by atoms with Gasteiger partial charge in [0, 0.05) is 5.39 Å². The number of pyridine rings is 1. The molecular weight excluding hydrogens is 491 g/mol. The minimum absolute atomic E-state index is 0.360. The zero-order valence-electron chi connectivity index (χ0n) is 19.5. The normalized spacial score (nSPS) is 20.0. The summed E-state index contributed by atoms with van der Waals surface area (Å²) in [5.41, 5.74) is 0.989. The van der Waals surface area contributed by atoms with E-state index in [2.05, 4.69) is 17.1 Å². The monoisotopic (exact) mass is 512 g/mol. The molecule has 184 valence electrons. The number of carbonyl (C=O) groups is 1. The van der Waals surface area contributed by atoms with Gasteiger partial charge in [0.05, 0.1) is 22.8 Å². The fourth-order valence-corrected chi connectivity index (χ4v) is 6.64. The van der Waals surface area contributed by atoms with Crippen molar-refractivity contribution in [2.45, 2.75) is 30.2 Å². The van der Waals surface area contributed by atoms with Crippen LogP contribution in [-0.2, 0) is 19.1 Å². The van der Waals surface area contributed by atoms with Crippen molar-refractivity contribution in [3.8, 4) is 0 Å². The Morgan fingerprint density at radius 1 is 0.838 bits per heavy atom. The molecule has 0 spiro atoms. The second-order valence-electron chi connectivity index (χ2n) is 9.59. The summed E-state index contributed by atoms with van der Waals surface area (Å²) in [6.45, 7) is 0. The van der Waals surface area contributed by atoms with Gasteiger partial charge >= 0.3 is 0 Å². The van der Waals surface area contributed by atoms with Crippen LogP contribution in [-0.4, -0.2) is 30.7 Å². The summed E-state index contributed by atoms with van der Waals surface area (Å²) in [6.07, 6.45) is 0.851. The van der Waals surface area contributed by atoms with Crippen LogP contribution in [0.3, 0.4) is 0 Å². The molecule has 2 atom stereocenters. The molecule has 1 amide bonds. The third-order valence-corrected chi connectivity index (χ3v) is 9.04. The average molecular weight is 513 g/mol. The Morgan fingerprint density at radius 3 is 2.27 bits per heavy atom. The van der Waals surface area contributed by atoms with E-state index in [1.807, 2.05) is 54.6 Å². The SMILES string of the molecule is O=C1[C@@H](OS(=O)(=O)C2CC2)[C@H](c2ccc(F)cn2)N1c1cc2c3ccccc3ccc2c2ccccc12. The number of aromatic nitrogens is 1. The largest absolute Gasteiger partial charge is 0.297 e. The smallest absolute Gasteiger partial charge is 0.271 e. The lowest BCUT2D eigenvalue weighted by Crippen LogP contribution is -2.61. The molecule has 8 heteroatoms. The van der Waals surface area contributed by atoms with E-state index in [0.29, 0.717) is 24.2 Å². The van der Waals surface area contributed by atoms with E-state index in [-0.39, 0.29) is 0 Å². The second-order valence-corrected chi connectivity index (χ2v) is 11.4. The molecule has 37 heavy (non-hydrogen) atoms. The third-order valence-electron chi connectivity index (χ3n) is 7.27. The molecule has 2 aliphatic rings. The Hall–Kier alpha value is -3.88. The van der Waals surface area contributed by atoms with Crippen molar-refractivity contribution in [2.24, 2.45) is 0 Å². The number of benzene rings is 4. The van der Waals surface area contributed by atoms with Crippen LogP contribution in [0.1, 0.15) is 24.6 Å². The van der Waals surface area contributed by atoms with E-state index in [9.17, 15) is 17.6 Å². The Kier molecular flexibility index (Phi) is 4.86. The standard InChI is InChI=1S/C29H21FN2O4S/c30-18-10-14-25(31-16-18)27-28(36-37(34,35)19-11-12-19)29(33)32(27)26-15-24-20-6-2-1-5-17(20)9-13-22(24)21-7-3-4-8-23(21)26/h1-10,13-16,19,27-28H,11-12H2/t27-,28-/m0/s1. The summed E-state index contributed by atoms with van der Waals surface area (Å²) in [6, 6.07) is 23.9. The van der Waals surface area contributed by atoms with Crippen LogP contribution in [0, 0.1) is 5.82 Å². The first-order valence-corrected chi connectivity index (χ1v) is 13.6. The van der Waals surface area contributed by atoms with Crippen molar-refractivity contribution >= 4 is 54.0 Å². The quantitative estimate of drug-likeness (QED) is 0.173. The highest BCUT2D eigenvalue weighted by molar-refractivity contribution is 7.87. The molecule has 6 nitrogen and oxygen atoms in total. The Balaban J connectivity index is 1.44. The second kappa shape index (κ2) is 8.06. The van der Waals surface area contributed by atoms with Gasteiger partial charge in [0.1, 0.15) is 11.9 Å². The maximum atomic E-state index is 13.7. The van der Waals surface area contributed by atoms with Crippen LogP contribution in [0.4, 0.5) is 10.1 Å². The molecule has 1 aromatic heterocycles. The van der Waals surface area contributed by atoms with Crippen LogP contribution in [0.2, 0.25) is 0 Å². The van der Waals surface area contributed by atoms with Crippen LogP contribution in [0.25, 0.3) is 32.3 Å². The zero-order chi connectivity index (χ0) is 25.3. The molecule has 1 saturated heterocycles. The van der Waals surface area contributed by atoms with Crippen molar-refractivity contribution in [1.82, 2.24) is 4.98 Å². The Morgan fingerprint density at radius 2 is 1.54 bits per heavy atom. The summed E-state index contributed by atoms with van der Waals surface area (Å²) in [5, 5.41) is 5.36. The molecule has 4 aromatic carbocycles. The Labute approximate surface area is 212 Å². The van der Waals surface area contributed by atoms with Gasteiger partial charge in [0.25, 0.3) is 16.0 Å². The fraction of sp³-hybridized carbons (Fsp3) is 0.172. The van der Waals surface area contributed by atoms with Crippen molar-refractivity contribution < 1.29 is 21.8 Å². The van der Waals surface area contributed by atoms with E-state index in [4.69, 9.17) is 4.18 Å². The van der Waals surface area contributed by atoms with Gasteiger partial charge in [0.2, 0.25) is 0 Å². The van der Waals surface area contributed by atoms with Crippen LogP contribution in [0.15, 0.2) is 85.1 Å². The lowest BCUT2D eigenvalue weighted by Gasteiger charge is -2.46. The molecule has 2 heterocycles. The molecule has 0 N–H and O–H groups in total. The predicted octanol–water partition coefficient (Wildman–Crippen LogP) is 5.65. The summed E-state index contributed by atoms with van der Waals surface area (Å²) >= 11 is 0. The molecule has 0 radical (unpaired) electrons. The first-order chi connectivity index (χ1) is 17.9. The topological polar surface area (TPSA) is 76.6 Å². The number of anilines is 1. The molecule has 1 aliphatic heterocycles. The van der Waals surface area contributed by atoms with Gasteiger partial charge in [-0.05, 0) is 58.0 Å². The molecule has 1 saturated carbocycles. The summed E-state index contributed by atoms with van der Waals surface area (Å²) in [5.74, 6) is -0.989. The van der Waals surface area contributed by atoms with Crippen LogP contribution >= 0.6 is 0 Å². The summed E-state index contributed by atoms with van der Waals surface area (Å²) in [7, 11) is -3.89. The number of carbonyl (C=O) groups excluding carboxylic acids is 1. The highest BCUT2D eigenvalue weighted by atomic mass is 32.2. The van der Waals surface area contributed by atoms with Gasteiger partial charge in [-0.2, -0.15) is 8.42 Å². The van der Waals surface area contributed by atoms with Crippen molar-refractivity contribution in [3.05, 3.63) is 96.6 Å². The first kappa shape index (κ1) is 22.3. The maximum absolute atomic E-state index is 13.7. The van der Waals surface area contributed by atoms with Crippen LogP contribution < -0.4 is 4.90 Å². The van der Waals surface area contributed by atoms with E-state index < -0.39 is 39.2 Å². The van der Waals surface area contributed by atoms with Crippen LogP contribution in [0.5, 0.6) is 0 Å². The van der Waals surface area contributed by atoms with Crippen molar-refractivity contribution in [2.75, 3.05) is 4.90 Å². The zero-order valence-corrected chi connectivity index (χ0v) is 20.4. The summed E-state index contributed by atoms with van der Waals surface area (Å²) in [4.78, 5) is 19.3. The highest BCUT2D eigenvalue weighted by Gasteiger charge is 2.55. The lowest BCUT2D eigenvalue weighted by molar-refractivity contribution is -0.134. The molecular formula is C29H21FN2O4S. The van der Waals surface area contributed by atoms with Gasteiger partial charge < -0.3 is 0 Å². The minimum atomic E-state index is -3.89. The van der Waals surface area contributed by atoms with E-state index >= 15 is 0 Å². The predicted molar refractivity (Wildman–Crippen MR) is 140 cm³/mol. The average Bonchev–Trinajstić information content (AvgIpc) is 3.77. The lowest BCUT2D eigenvalue weighted by atomic mass is 9.90. The van der Waals surface area contributed by atoms with Gasteiger partial charge in [-0.25, -0.2) is 4.39 Å². The molecule has 1 aliphatic carbocycles. The van der Waals surface area contributed by atoms with Gasteiger partial charge in [0.15, 0.2) is 6.10 Å². The van der Waals surface area contributed by atoms with Gasteiger partial charge in [-0.15, -0.1) is 0 Å². The number of nitrogens with zero attached hydrogens (tertiary/aromatic N) is 2.